The van der Waals surface area contributed by atoms with Crippen LogP contribution in [-0.2, 0) is 4.79 Å². The van der Waals surface area contributed by atoms with Gasteiger partial charge in [0.2, 0.25) is 11.8 Å². The Morgan fingerprint density at radius 3 is 2.55 bits per heavy atom. The predicted octanol–water partition coefficient (Wildman–Crippen LogP) is 3.55. The Kier molecular flexibility index (Phi) is 4.48. The second-order valence-electron chi connectivity index (χ2n) is 8.86. The first-order chi connectivity index (χ1) is 14.1. The van der Waals surface area contributed by atoms with Crippen molar-refractivity contribution < 1.29 is 13.9 Å². The number of nitrogens with zero attached hydrogens (tertiary/aromatic N) is 3. The number of hydrogen-bond acceptors (Lipinski definition) is 6. The van der Waals surface area contributed by atoms with Crippen LogP contribution >= 0.6 is 0 Å². The molecule has 5 rings (SSSR count). The van der Waals surface area contributed by atoms with E-state index in [-0.39, 0.29) is 17.9 Å². The van der Waals surface area contributed by atoms with Crippen molar-refractivity contribution in [2.45, 2.75) is 56.9 Å². The van der Waals surface area contributed by atoms with Gasteiger partial charge in [0.25, 0.3) is 0 Å². The smallest absolute Gasteiger partial charge is 0.316 e. The zero-order valence-electron chi connectivity index (χ0n) is 17.1. The van der Waals surface area contributed by atoms with Crippen molar-refractivity contribution in [2.24, 2.45) is 5.41 Å². The highest BCUT2D eigenvalue weighted by Gasteiger charge is 2.46. The lowest BCUT2D eigenvalue weighted by atomic mass is 9.93. The first kappa shape index (κ1) is 18.5. The van der Waals surface area contributed by atoms with Gasteiger partial charge in [0.05, 0.1) is 7.11 Å². The maximum Gasteiger partial charge on any atom is 0.316 e. The molecule has 7 nitrogen and oxygen atoms in total. The summed E-state index contributed by atoms with van der Waals surface area (Å²) in [6.45, 7) is 3.60. The molecule has 1 saturated heterocycles. The highest BCUT2D eigenvalue weighted by Crippen LogP contribution is 2.55. The minimum absolute atomic E-state index is 0.114. The topological polar surface area (TPSA) is 80.5 Å². The Morgan fingerprint density at radius 1 is 1.17 bits per heavy atom. The fraction of sp³-hybridized carbons (Fsp3) is 0.591. The van der Waals surface area contributed by atoms with Crippen molar-refractivity contribution in [1.29, 1.82) is 0 Å². The summed E-state index contributed by atoms with van der Waals surface area (Å²) in [6, 6.07) is 8.09. The number of piperidine rings is 1. The van der Waals surface area contributed by atoms with Crippen molar-refractivity contribution in [1.82, 2.24) is 15.1 Å². The van der Waals surface area contributed by atoms with Crippen LogP contribution in [0.25, 0.3) is 0 Å². The van der Waals surface area contributed by atoms with Crippen LogP contribution in [-0.4, -0.2) is 47.2 Å². The van der Waals surface area contributed by atoms with Crippen molar-refractivity contribution >= 4 is 11.9 Å². The molecule has 3 unspecified atom stereocenters. The van der Waals surface area contributed by atoms with Gasteiger partial charge in [0.15, 0.2) is 0 Å². The number of amides is 1. The van der Waals surface area contributed by atoms with Crippen LogP contribution in [0.4, 0.5) is 6.01 Å². The SMILES string of the molecule is COc1ccc(C2CC2c2nnc(NC(C)C(=O)N3CCC4(CC3)CC4)o2)cc1. The zero-order valence-corrected chi connectivity index (χ0v) is 17.1. The molecule has 2 aromatic rings. The first-order valence-electron chi connectivity index (χ1n) is 10.6. The molecule has 3 fully saturated rings. The molecule has 29 heavy (non-hydrogen) atoms. The van der Waals surface area contributed by atoms with Crippen molar-refractivity contribution in [2.75, 3.05) is 25.5 Å². The van der Waals surface area contributed by atoms with Crippen LogP contribution in [0.2, 0.25) is 0 Å². The third-order valence-corrected chi connectivity index (χ3v) is 6.90. The van der Waals surface area contributed by atoms with Gasteiger partial charge in [-0.2, -0.15) is 0 Å². The largest absolute Gasteiger partial charge is 0.497 e. The van der Waals surface area contributed by atoms with Gasteiger partial charge in [0, 0.05) is 19.0 Å². The van der Waals surface area contributed by atoms with E-state index in [0.29, 0.717) is 23.2 Å². The molecule has 1 aromatic carbocycles. The maximum atomic E-state index is 12.7. The molecule has 1 aliphatic heterocycles. The van der Waals surface area contributed by atoms with Crippen molar-refractivity contribution in [3.63, 3.8) is 0 Å². The molecule has 0 bridgehead atoms. The Labute approximate surface area is 170 Å². The lowest BCUT2D eigenvalue weighted by Crippen LogP contribution is -2.45. The molecule has 3 atom stereocenters. The van der Waals surface area contributed by atoms with Gasteiger partial charge in [-0.05, 0) is 68.1 Å². The van der Waals surface area contributed by atoms with Gasteiger partial charge in [-0.3, -0.25) is 4.79 Å². The number of methoxy groups -OCH3 is 1. The summed E-state index contributed by atoms with van der Waals surface area (Å²) < 4.78 is 11.0. The molecule has 2 saturated carbocycles. The molecule has 1 N–H and O–H groups in total. The fourth-order valence-corrected chi connectivity index (χ4v) is 4.53. The molecule has 2 heterocycles. The van der Waals surface area contributed by atoms with E-state index < -0.39 is 0 Å². The summed E-state index contributed by atoms with van der Waals surface area (Å²) in [4.78, 5) is 14.7. The quantitative estimate of drug-likeness (QED) is 0.804. The number of nitrogens with one attached hydrogen (secondary N) is 1. The van der Waals surface area contributed by atoms with Gasteiger partial charge in [-0.25, -0.2) is 0 Å². The molecule has 1 amide bonds. The minimum Gasteiger partial charge on any atom is -0.497 e. The lowest BCUT2D eigenvalue weighted by molar-refractivity contribution is -0.133. The number of rotatable bonds is 6. The van der Waals surface area contributed by atoms with E-state index in [4.69, 9.17) is 9.15 Å². The van der Waals surface area contributed by atoms with Gasteiger partial charge < -0.3 is 19.4 Å². The van der Waals surface area contributed by atoms with E-state index in [9.17, 15) is 4.79 Å². The third-order valence-electron chi connectivity index (χ3n) is 6.90. The Bertz CT molecular complexity index is 880. The average molecular weight is 396 g/mol. The number of benzene rings is 1. The second kappa shape index (κ2) is 7.04. The summed E-state index contributed by atoms with van der Waals surface area (Å²) in [6.07, 6.45) is 5.96. The van der Waals surface area contributed by atoms with E-state index in [1.54, 1.807) is 7.11 Å². The van der Waals surface area contributed by atoms with E-state index in [2.05, 4.69) is 27.6 Å². The molecular weight excluding hydrogens is 368 g/mol. The van der Waals surface area contributed by atoms with Gasteiger partial charge in [-0.1, -0.05) is 17.2 Å². The third kappa shape index (κ3) is 3.70. The average Bonchev–Trinajstić information content (AvgIpc) is 3.67. The number of carbonyl (C=O) groups is 1. The molecule has 7 heteroatoms. The highest BCUT2D eigenvalue weighted by atomic mass is 16.5. The van der Waals surface area contributed by atoms with Crippen LogP contribution in [0.3, 0.4) is 0 Å². The van der Waals surface area contributed by atoms with Crippen molar-refractivity contribution in [3.05, 3.63) is 35.7 Å². The van der Waals surface area contributed by atoms with E-state index >= 15 is 0 Å². The van der Waals surface area contributed by atoms with Gasteiger partial charge in [-0.15, -0.1) is 5.10 Å². The van der Waals surface area contributed by atoms with Crippen LogP contribution in [0.15, 0.2) is 28.7 Å². The highest BCUT2D eigenvalue weighted by molar-refractivity contribution is 5.83. The normalized spacial score (nSPS) is 25.5. The maximum absolute atomic E-state index is 12.7. The van der Waals surface area contributed by atoms with E-state index in [1.807, 2.05) is 24.0 Å². The molecular formula is C22H28N4O3. The molecule has 3 aliphatic rings. The lowest BCUT2D eigenvalue weighted by Gasteiger charge is -2.33. The number of likely N-dealkylation sites (tertiary alicyclic amines) is 1. The number of hydrogen-bond donors (Lipinski definition) is 1. The second-order valence-corrected chi connectivity index (χ2v) is 8.86. The molecule has 1 aromatic heterocycles. The number of aromatic nitrogens is 2. The summed E-state index contributed by atoms with van der Waals surface area (Å²) in [7, 11) is 1.67. The summed E-state index contributed by atoms with van der Waals surface area (Å²) >= 11 is 0. The first-order valence-corrected chi connectivity index (χ1v) is 10.6. The predicted molar refractivity (Wildman–Crippen MR) is 108 cm³/mol. The monoisotopic (exact) mass is 396 g/mol. The minimum atomic E-state index is -0.367. The Hall–Kier alpha value is -2.57. The van der Waals surface area contributed by atoms with Gasteiger partial charge >= 0.3 is 6.01 Å². The van der Waals surface area contributed by atoms with Crippen LogP contribution in [0.5, 0.6) is 5.75 Å². The summed E-state index contributed by atoms with van der Waals surface area (Å²) in [5.41, 5.74) is 1.82. The summed E-state index contributed by atoms with van der Waals surface area (Å²) in [5, 5.41) is 11.4. The fourth-order valence-electron chi connectivity index (χ4n) is 4.53. The standard InChI is InChI=1S/C22H28N4O3/c1-14(20(27)26-11-9-22(7-8-22)10-12-26)23-21-25-24-19(29-21)18-13-17(18)15-3-5-16(28-2)6-4-15/h3-6,14,17-18H,7-13H2,1-2H3,(H,23,25). The number of ether oxygens (including phenoxy) is 1. The van der Waals surface area contributed by atoms with Gasteiger partial charge in [0.1, 0.15) is 11.8 Å². The van der Waals surface area contributed by atoms with E-state index in [1.165, 1.54) is 18.4 Å². The Morgan fingerprint density at radius 2 is 1.90 bits per heavy atom. The zero-order chi connectivity index (χ0) is 20.0. The van der Waals surface area contributed by atoms with Crippen molar-refractivity contribution in [3.8, 4) is 5.75 Å². The molecule has 154 valence electrons. The summed E-state index contributed by atoms with van der Waals surface area (Å²) in [5.74, 6) is 2.25. The molecule has 1 spiro atoms. The van der Waals surface area contributed by atoms with Crippen LogP contribution in [0, 0.1) is 5.41 Å². The van der Waals surface area contributed by atoms with Crippen LogP contribution in [0.1, 0.15) is 62.3 Å². The Balaban J connectivity index is 1.16. The molecule has 2 aliphatic carbocycles. The number of carbonyl (C=O) groups excluding carboxylic acids is 1. The molecule has 0 radical (unpaired) electrons. The van der Waals surface area contributed by atoms with Crippen LogP contribution < -0.4 is 10.1 Å². The van der Waals surface area contributed by atoms with E-state index in [0.717, 1.165) is 38.1 Å². The number of anilines is 1.